The second-order valence-electron chi connectivity index (χ2n) is 3.99. The molecule has 0 aliphatic heterocycles. The van der Waals surface area contributed by atoms with Gasteiger partial charge in [-0.1, -0.05) is 6.07 Å². The molecule has 2 rings (SSSR count). The van der Waals surface area contributed by atoms with Gasteiger partial charge in [0, 0.05) is 6.20 Å². The van der Waals surface area contributed by atoms with Crippen molar-refractivity contribution in [1.82, 2.24) is 4.98 Å². The zero-order valence-electron chi connectivity index (χ0n) is 10.2. The van der Waals surface area contributed by atoms with Crippen molar-refractivity contribution in [3.63, 3.8) is 0 Å². The summed E-state index contributed by atoms with van der Waals surface area (Å²) in [6.45, 7) is 1.75. The molecule has 18 heavy (non-hydrogen) atoms. The second-order valence-corrected chi connectivity index (χ2v) is 3.99. The van der Waals surface area contributed by atoms with Crippen molar-refractivity contribution < 1.29 is 14.2 Å². The average molecular weight is 247 g/mol. The van der Waals surface area contributed by atoms with Crippen LogP contribution in [0, 0.1) is 12.7 Å². The van der Waals surface area contributed by atoms with E-state index in [1.807, 2.05) is 0 Å². The SMILES string of the molecule is COc1cccnc1C(O)c1ccc(F)cc1C. The Hall–Kier alpha value is -1.94. The summed E-state index contributed by atoms with van der Waals surface area (Å²) < 4.78 is 18.2. The van der Waals surface area contributed by atoms with E-state index in [9.17, 15) is 9.50 Å². The molecule has 0 aliphatic carbocycles. The first kappa shape index (κ1) is 12.5. The van der Waals surface area contributed by atoms with E-state index in [4.69, 9.17) is 4.74 Å². The third kappa shape index (κ3) is 2.33. The molecule has 1 N–H and O–H groups in total. The van der Waals surface area contributed by atoms with Crippen LogP contribution >= 0.6 is 0 Å². The quantitative estimate of drug-likeness (QED) is 0.906. The lowest BCUT2D eigenvalue weighted by Crippen LogP contribution is -2.06. The van der Waals surface area contributed by atoms with Crippen LogP contribution in [-0.4, -0.2) is 17.2 Å². The first-order valence-corrected chi connectivity index (χ1v) is 5.56. The fourth-order valence-electron chi connectivity index (χ4n) is 1.87. The minimum absolute atomic E-state index is 0.323. The van der Waals surface area contributed by atoms with Crippen molar-refractivity contribution in [3.8, 4) is 5.75 Å². The first-order valence-electron chi connectivity index (χ1n) is 5.56. The number of methoxy groups -OCH3 is 1. The Kier molecular flexibility index (Phi) is 3.58. The summed E-state index contributed by atoms with van der Waals surface area (Å²) in [5, 5.41) is 10.3. The zero-order chi connectivity index (χ0) is 13.1. The van der Waals surface area contributed by atoms with Crippen molar-refractivity contribution >= 4 is 0 Å². The van der Waals surface area contributed by atoms with Crippen LogP contribution in [0.2, 0.25) is 0 Å². The Bertz CT molecular complexity index is 557. The second kappa shape index (κ2) is 5.14. The summed E-state index contributed by atoms with van der Waals surface area (Å²) in [4.78, 5) is 4.12. The van der Waals surface area contributed by atoms with Gasteiger partial charge in [-0.25, -0.2) is 4.39 Å². The molecule has 0 bridgehead atoms. The van der Waals surface area contributed by atoms with E-state index in [1.165, 1.54) is 19.2 Å². The lowest BCUT2D eigenvalue weighted by Gasteiger charge is -2.15. The molecule has 94 valence electrons. The van der Waals surface area contributed by atoms with Gasteiger partial charge >= 0.3 is 0 Å². The number of pyridine rings is 1. The van der Waals surface area contributed by atoms with Gasteiger partial charge in [0.2, 0.25) is 0 Å². The maximum atomic E-state index is 13.0. The van der Waals surface area contributed by atoms with Crippen LogP contribution in [0.3, 0.4) is 0 Å². The Morgan fingerprint density at radius 1 is 1.33 bits per heavy atom. The van der Waals surface area contributed by atoms with Crippen LogP contribution < -0.4 is 4.74 Å². The maximum absolute atomic E-state index is 13.0. The molecule has 1 atom stereocenters. The number of halogens is 1. The molecule has 0 saturated carbocycles. The molecule has 3 nitrogen and oxygen atoms in total. The highest BCUT2D eigenvalue weighted by Crippen LogP contribution is 2.29. The Morgan fingerprint density at radius 2 is 2.11 bits per heavy atom. The topological polar surface area (TPSA) is 42.4 Å². The van der Waals surface area contributed by atoms with E-state index >= 15 is 0 Å². The van der Waals surface area contributed by atoms with Crippen LogP contribution in [0.5, 0.6) is 5.75 Å². The number of hydrogen-bond acceptors (Lipinski definition) is 3. The van der Waals surface area contributed by atoms with E-state index < -0.39 is 6.10 Å². The van der Waals surface area contributed by atoms with Gasteiger partial charge < -0.3 is 9.84 Å². The average Bonchev–Trinajstić information content (AvgIpc) is 2.38. The van der Waals surface area contributed by atoms with Gasteiger partial charge in [0.25, 0.3) is 0 Å². The monoisotopic (exact) mass is 247 g/mol. The van der Waals surface area contributed by atoms with Gasteiger partial charge in [-0.3, -0.25) is 4.98 Å². The highest BCUT2D eigenvalue weighted by molar-refractivity contribution is 5.38. The summed E-state index contributed by atoms with van der Waals surface area (Å²) in [6.07, 6.45) is 0.654. The van der Waals surface area contributed by atoms with Gasteiger partial charge in [-0.05, 0) is 42.3 Å². The van der Waals surface area contributed by atoms with Crippen molar-refractivity contribution in [2.24, 2.45) is 0 Å². The fraction of sp³-hybridized carbons (Fsp3) is 0.214. The van der Waals surface area contributed by atoms with Gasteiger partial charge in [0.1, 0.15) is 23.4 Å². The summed E-state index contributed by atoms with van der Waals surface area (Å²) in [6, 6.07) is 7.72. The van der Waals surface area contributed by atoms with Crippen LogP contribution in [0.4, 0.5) is 4.39 Å². The minimum Gasteiger partial charge on any atom is -0.495 e. The van der Waals surface area contributed by atoms with Gasteiger partial charge in [0.15, 0.2) is 0 Å². The Labute approximate surface area is 105 Å². The van der Waals surface area contributed by atoms with E-state index in [-0.39, 0.29) is 5.82 Å². The number of hydrogen-bond donors (Lipinski definition) is 1. The lowest BCUT2D eigenvalue weighted by molar-refractivity contribution is 0.208. The number of aryl methyl sites for hydroxylation is 1. The van der Waals surface area contributed by atoms with E-state index in [2.05, 4.69) is 4.98 Å². The normalized spacial score (nSPS) is 12.2. The van der Waals surface area contributed by atoms with Crippen molar-refractivity contribution in [1.29, 1.82) is 0 Å². The maximum Gasteiger partial charge on any atom is 0.143 e. The Balaban J connectivity index is 2.44. The molecule has 2 aromatic rings. The fourth-order valence-corrected chi connectivity index (χ4v) is 1.87. The molecule has 0 amide bonds. The number of aliphatic hydroxyl groups is 1. The van der Waals surface area contributed by atoms with Crippen LogP contribution in [0.15, 0.2) is 36.5 Å². The largest absolute Gasteiger partial charge is 0.495 e. The number of benzene rings is 1. The minimum atomic E-state index is -0.929. The zero-order valence-corrected chi connectivity index (χ0v) is 10.2. The van der Waals surface area contributed by atoms with Gasteiger partial charge in [0.05, 0.1) is 7.11 Å². The van der Waals surface area contributed by atoms with Gasteiger partial charge in [-0.15, -0.1) is 0 Å². The smallest absolute Gasteiger partial charge is 0.143 e. The molecular formula is C14H14FNO2. The number of nitrogens with zero attached hydrogens (tertiary/aromatic N) is 1. The highest BCUT2D eigenvalue weighted by Gasteiger charge is 2.18. The van der Waals surface area contributed by atoms with Crippen molar-refractivity contribution in [2.75, 3.05) is 7.11 Å². The van der Waals surface area contributed by atoms with E-state index in [1.54, 1.807) is 31.3 Å². The molecule has 0 radical (unpaired) electrons. The van der Waals surface area contributed by atoms with Crippen LogP contribution in [0.1, 0.15) is 22.9 Å². The summed E-state index contributed by atoms with van der Waals surface area (Å²) in [5.74, 6) is 0.185. The molecular weight excluding hydrogens is 233 g/mol. The van der Waals surface area contributed by atoms with Crippen LogP contribution in [-0.2, 0) is 0 Å². The third-order valence-corrected chi connectivity index (χ3v) is 2.81. The van der Waals surface area contributed by atoms with E-state index in [0.29, 0.717) is 22.6 Å². The number of rotatable bonds is 3. The molecule has 0 saturated heterocycles. The number of ether oxygens (including phenoxy) is 1. The summed E-state index contributed by atoms with van der Waals surface area (Å²) >= 11 is 0. The number of aliphatic hydroxyl groups excluding tert-OH is 1. The summed E-state index contributed by atoms with van der Waals surface area (Å²) in [5.41, 5.74) is 1.72. The van der Waals surface area contributed by atoms with Crippen molar-refractivity contribution in [2.45, 2.75) is 13.0 Å². The molecule has 1 aromatic heterocycles. The van der Waals surface area contributed by atoms with Crippen LogP contribution in [0.25, 0.3) is 0 Å². The summed E-state index contributed by atoms with van der Waals surface area (Å²) in [7, 11) is 1.52. The number of aromatic nitrogens is 1. The molecule has 1 unspecified atom stereocenters. The molecule has 1 heterocycles. The third-order valence-electron chi connectivity index (χ3n) is 2.81. The lowest BCUT2D eigenvalue weighted by atomic mass is 10.0. The predicted molar refractivity (Wildman–Crippen MR) is 66.0 cm³/mol. The first-order chi connectivity index (χ1) is 8.63. The van der Waals surface area contributed by atoms with Gasteiger partial charge in [-0.2, -0.15) is 0 Å². The van der Waals surface area contributed by atoms with Crippen molar-refractivity contribution in [3.05, 3.63) is 59.2 Å². The molecule has 0 spiro atoms. The molecule has 4 heteroatoms. The molecule has 0 fully saturated rings. The predicted octanol–water partition coefficient (Wildman–Crippen LogP) is 2.62. The highest BCUT2D eigenvalue weighted by atomic mass is 19.1. The standard InChI is InChI=1S/C14H14FNO2/c1-9-8-10(15)5-6-11(9)14(17)13-12(18-2)4-3-7-16-13/h3-8,14,17H,1-2H3. The van der Waals surface area contributed by atoms with E-state index in [0.717, 1.165) is 0 Å². The molecule has 1 aromatic carbocycles. The Morgan fingerprint density at radius 3 is 2.78 bits per heavy atom. The molecule has 0 aliphatic rings.